The molecule has 0 fully saturated rings. The summed E-state index contributed by atoms with van der Waals surface area (Å²) < 4.78 is 6.12. The summed E-state index contributed by atoms with van der Waals surface area (Å²) in [7, 11) is 0. The van der Waals surface area contributed by atoms with E-state index in [2.05, 4.69) is 22.6 Å². The van der Waals surface area contributed by atoms with E-state index in [1.165, 1.54) is 0 Å². The Morgan fingerprint density at radius 3 is 2.88 bits per heavy atom. The minimum atomic E-state index is -0.258. The number of hydrogen-bond acceptors (Lipinski definition) is 2. The maximum absolute atomic E-state index is 11.5. The van der Waals surface area contributed by atoms with Gasteiger partial charge in [-0.25, -0.2) is 4.79 Å². The predicted octanol–water partition coefficient (Wildman–Crippen LogP) is 3.64. The Morgan fingerprint density at radius 2 is 2.25 bits per heavy atom. The Kier molecular flexibility index (Phi) is 6.13. The number of aryl methyl sites for hydroxylation is 1. The summed E-state index contributed by atoms with van der Waals surface area (Å²) in [5.74, 6) is 0.380. The zero-order valence-corrected chi connectivity index (χ0v) is 12.0. The van der Waals surface area contributed by atoms with Crippen molar-refractivity contribution in [3.63, 3.8) is 0 Å². The summed E-state index contributed by atoms with van der Waals surface area (Å²) in [4.78, 5) is 11.5. The van der Waals surface area contributed by atoms with E-state index < -0.39 is 0 Å². The lowest BCUT2D eigenvalue weighted by molar-refractivity contribution is 0.0526. The van der Waals surface area contributed by atoms with Gasteiger partial charge in [-0.1, -0.05) is 0 Å². The van der Waals surface area contributed by atoms with Crippen molar-refractivity contribution in [2.75, 3.05) is 12.5 Å². The number of carbonyl (C=O) groups excluding carboxylic acids is 1. The molecule has 0 heterocycles. The normalized spacial score (nSPS) is 10.2. The van der Waals surface area contributed by atoms with E-state index >= 15 is 0 Å². The van der Waals surface area contributed by atoms with Crippen LogP contribution in [-0.2, 0) is 11.2 Å². The average Bonchev–Trinajstić information content (AvgIpc) is 2.28. The number of halogens is 2. The van der Waals surface area contributed by atoms with Gasteiger partial charge in [-0.3, -0.25) is 0 Å². The number of esters is 1. The first-order chi connectivity index (χ1) is 7.69. The Bertz CT molecular complexity index is 366. The van der Waals surface area contributed by atoms with Gasteiger partial charge in [0.25, 0.3) is 0 Å². The summed E-state index contributed by atoms with van der Waals surface area (Å²) in [6.45, 7) is 2.21. The average molecular weight is 353 g/mol. The van der Waals surface area contributed by atoms with Crippen LogP contribution in [0.5, 0.6) is 0 Å². The fourth-order valence-corrected chi connectivity index (χ4v) is 2.10. The van der Waals surface area contributed by atoms with Crippen molar-refractivity contribution in [2.45, 2.75) is 19.8 Å². The van der Waals surface area contributed by atoms with E-state index in [4.69, 9.17) is 16.3 Å². The predicted molar refractivity (Wildman–Crippen MR) is 74.2 cm³/mol. The lowest BCUT2D eigenvalue weighted by Crippen LogP contribution is -2.05. The minimum Gasteiger partial charge on any atom is -0.462 e. The summed E-state index contributed by atoms with van der Waals surface area (Å²) in [5, 5.41) is 0. The number of ether oxygens (including phenoxy) is 1. The topological polar surface area (TPSA) is 26.3 Å². The molecule has 1 rings (SSSR count). The number of alkyl halides is 1. The van der Waals surface area contributed by atoms with Crippen molar-refractivity contribution in [1.82, 2.24) is 0 Å². The lowest BCUT2D eigenvalue weighted by Gasteiger charge is -2.06. The van der Waals surface area contributed by atoms with Gasteiger partial charge in [0.15, 0.2) is 0 Å². The third kappa shape index (κ3) is 3.94. The molecule has 0 unspecified atom stereocenters. The molecular weight excluding hydrogens is 338 g/mol. The molecule has 0 bridgehead atoms. The Hall–Kier alpha value is -0.290. The fourth-order valence-electron chi connectivity index (χ4n) is 1.36. The van der Waals surface area contributed by atoms with E-state index in [1.54, 1.807) is 13.0 Å². The molecule has 0 atom stereocenters. The van der Waals surface area contributed by atoms with Gasteiger partial charge in [-0.2, -0.15) is 0 Å². The molecule has 2 nitrogen and oxygen atoms in total. The highest BCUT2D eigenvalue weighted by Gasteiger charge is 2.09. The van der Waals surface area contributed by atoms with Gasteiger partial charge in [-0.15, -0.1) is 11.6 Å². The zero-order valence-electron chi connectivity index (χ0n) is 9.13. The van der Waals surface area contributed by atoms with E-state index in [0.29, 0.717) is 18.1 Å². The van der Waals surface area contributed by atoms with Crippen LogP contribution in [0.15, 0.2) is 18.2 Å². The second-order valence-corrected chi connectivity index (χ2v) is 4.86. The van der Waals surface area contributed by atoms with Crippen LogP contribution in [-0.4, -0.2) is 18.5 Å². The Balaban J connectivity index is 2.84. The SMILES string of the molecule is CCOC(=O)c1ccc(I)c(CCCCl)c1. The zero-order chi connectivity index (χ0) is 12.0. The largest absolute Gasteiger partial charge is 0.462 e. The van der Waals surface area contributed by atoms with Gasteiger partial charge in [0, 0.05) is 9.45 Å². The summed E-state index contributed by atoms with van der Waals surface area (Å²) in [6.07, 6.45) is 1.82. The second kappa shape index (κ2) is 7.12. The highest BCUT2D eigenvalue weighted by Crippen LogP contribution is 2.17. The van der Waals surface area contributed by atoms with Crippen LogP contribution in [0.25, 0.3) is 0 Å². The number of hydrogen-bond donors (Lipinski definition) is 0. The summed E-state index contributed by atoms with van der Waals surface area (Å²) in [6, 6.07) is 5.63. The molecule has 0 aliphatic heterocycles. The van der Waals surface area contributed by atoms with Crippen LogP contribution < -0.4 is 0 Å². The smallest absolute Gasteiger partial charge is 0.338 e. The minimum absolute atomic E-state index is 0.258. The number of rotatable bonds is 5. The van der Waals surface area contributed by atoms with E-state index in [-0.39, 0.29) is 5.97 Å². The van der Waals surface area contributed by atoms with Crippen LogP contribution in [0, 0.1) is 3.57 Å². The van der Waals surface area contributed by atoms with Gasteiger partial charge in [0.1, 0.15) is 0 Å². The summed E-state index contributed by atoms with van der Waals surface area (Å²) in [5.41, 5.74) is 1.78. The van der Waals surface area contributed by atoms with Crippen molar-refractivity contribution in [2.24, 2.45) is 0 Å². The number of carbonyl (C=O) groups is 1. The van der Waals surface area contributed by atoms with E-state index in [9.17, 15) is 4.79 Å². The van der Waals surface area contributed by atoms with Crippen molar-refractivity contribution in [3.05, 3.63) is 32.9 Å². The van der Waals surface area contributed by atoms with E-state index in [1.807, 2.05) is 12.1 Å². The van der Waals surface area contributed by atoms with Gasteiger partial charge in [0.05, 0.1) is 12.2 Å². The summed E-state index contributed by atoms with van der Waals surface area (Å²) >= 11 is 7.93. The van der Waals surface area contributed by atoms with Gasteiger partial charge in [0.2, 0.25) is 0 Å². The Morgan fingerprint density at radius 1 is 1.50 bits per heavy atom. The van der Waals surface area contributed by atoms with Crippen molar-refractivity contribution in [1.29, 1.82) is 0 Å². The molecule has 0 saturated heterocycles. The molecule has 0 aliphatic carbocycles. The van der Waals surface area contributed by atoms with Crippen molar-refractivity contribution in [3.8, 4) is 0 Å². The molecule has 88 valence electrons. The molecule has 0 saturated carbocycles. The third-order valence-electron chi connectivity index (χ3n) is 2.14. The molecule has 1 aromatic carbocycles. The van der Waals surface area contributed by atoms with Crippen molar-refractivity contribution < 1.29 is 9.53 Å². The molecule has 1 aromatic rings. The molecule has 0 amide bonds. The highest BCUT2D eigenvalue weighted by molar-refractivity contribution is 14.1. The van der Waals surface area contributed by atoms with Gasteiger partial charge >= 0.3 is 5.97 Å². The van der Waals surface area contributed by atoms with Crippen LogP contribution in [0.3, 0.4) is 0 Å². The number of benzene rings is 1. The van der Waals surface area contributed by atoms with Crippen LogP contribution >= 0.6 is 34.2 Å². The molecular formula is C12H14ClIO2. The van der Waals surface area contributed by atoms with Gasteiger partial charge in [-0.05, 0) is 66.1 Å². The first-order valence-electron chi connectivity index (χ1n) is 5.20. The standard InChI is InChI=1S/C12H14ClIO2/c1-2-16-12(15)10-5-6-11(14)9(8-10)4-3-7-13/h5-6,8H,2-4,7H2,1H3. The molecule has 0 N–H and O–H groups in total. The molecule has 0 aliphatic rings. The van der Waals surface area contributed by atoms with Crippen LogP contribution in [0.4, 0.5) is 0 Å². The molecule has 0 spiro atoms. The fraction of sp³-hybridized carbons (Fsp3) is 0.417. The quantitative estimate of drug-likeness (QED) is 0.459. The van der Waals surface area contributed by atoms with E-state index in [0.717, 1.165) is 22.0 Å². The maximum Gasteiger partial charge on any atom is 0.338 e. The van der Waals surface area contributed by atoms with Crippen molar-refractivity contribution >= 4 is 40.2 Å². The first kappa shape index (κ1) is 13.8. The molecule has 0 radical (unpaired) electrons. The Labute approximate surface area is 114 Å². The lowest BCUT2D eigenvalue weighted by atomic mass is 10.1. The second-order valence-electron chi connectivity index (χ2n) is 3.32. The van der Waals surface area contributed by atoms with Crippen LogP contribution in [0.2, 0.25) is 0 Å². The third-order valence-corrected chi connectivity index (χ3v) is 3.46. The highest BCUT2D eigenvalue weighted by atomic mass is 127. The molecule has 0 aromatic heterocycles. The maximum atomic E-state index is 11.5. The first-order valence-corrected chi connectivity index (χ1v) is 6.82. The van der Waals surface area contributed by atoms with Crippen LogP contribution in [0.1, 0.15) is 29.3 Å². The monoisotopic (exact) mass is 352 g/mol. The molecule has 16 heavy (non-hydrogen) atoms. The van der Waals surface area contributed by atoms with Gasteiger partial charge < -0.3 is 4.74 Å². The molecule has 4 heteroatoms.